The fourth-order valence-corrected chi connectivity index (χ4v) is 2.92. The molecule has 0 heterocycles. The smallest absolute Gasteiger partial charge is 0.310 e. The number of methoxy groups -OCH3 is 1. The minimum Gasteiger partial charge on any atom is -0.496 e. The van der Waals surface area contributed by atoms with Crippen molar-refractivity contribution >= 4 is 21.9 Å². The third-order valence-corrected chi connectivity index (χ3v) is 4.32. The van der Waals surface area contributed by atoms with Crippen molar-refractivity contribution in [2.75, 3.05) is 19.0 Å². The zero-order valence-electron chi connectivity index (χ0n) is 14.2. The molecule has 0 spiro atoms. The molecule has 0 saturated heterocycles. The van der Waals surface area contributed by atoms with Crippen LogP contribution in [0.3, 0.4) is 0 Å². The largest absolute Gasteiger partial charge is 0.496 e. The predicted octanol–water partition coefficient (Wildman–Crippen LogP) is 4.80. The minimum absolute atomic E-state index is 0.201. The lowest BCUT2D eigenvalue weighted by atomic mass is 9.98. The molecule has 24 heavy (non-hydrogen) atoms. The van der Waals surface area contributed by atoms with Crippen molar-refractivity contribution < 1.29 is 14.3 Å². The van der Waals surface area contributed by atoms with Crippen LogP contribution in [0.15, 0.2) is 42.5 Å². The third-order valence-electron chi connectivity index (χ3n) is 3.75. The fraction of sp³-hybridized carbons (Fsp3) is 0.350. The van der Waals surface area contributed by atoms with E-state index in [4.69, 9.17) is 9.47 Å². The molecule has 0 atom stereocenters. The number of benzene rings is 2. The SMILES string of the molecule is CCOC(=O)Cc1cccc(-c2cc(CCCBr)ccc2OC)c1. The van der Waals surface area contributed by atoms with Crippen molar-refractivity contribution in [3.63, 3.8) is 0 Å². The number of carbonyl (C=O) groups is 1. The van der Waals surface area contributed by atoms with Gasteiger partial charge >= 0.3 is 5.97 Å². The summed E-state index contributed by atoms with van der Waals surface area (Å²) >= 11 is 3.48. The van der Waals surface area contributed by atoms with Crippen molar-refractivity contribution in [3.8, 4) is 16.9 Å². The van der Waals surface area contributed by atoms with Crippen LogP contribution in [-0.2, 0) is 22.4 Å². The van der Waals surface area contributed by atoms with Gasteiger partial charge in [0.1, 0.15) is 5.75 Å². The highest BCUT2D eigenvalue weighted by Gasteiger charge is 2.10. The van der Waals surface area contributed by atoms with E-state index in [1.807, 2.05) is 37.3 Å². The first-order valence-electron chi connectivity index (χ1n) is 8.15. The van der Waals surface area contributed by atoms with E-state index in [1.54, 1.807) is 7.11 Å². The van der Waals surface area contributed by atoms with Crippen molar-refractivity contribution in [2.24, 2.45) is 0 Å². The summed E-state index contributed by atoms with van der Waals surface area (Å²) < 4.78 is 10.5. The Morgan fingerprint density at radius 1 is 1.12 bits per heavy atom. The number of hydrogen-bond acceptors (Lipinski definition) is 3. The van der Waals surface area contributed by atoms with E-state index in [0.29, 0.717) is 6.61 Å². The maximum Gasteiger partial charge on any atom is 0.310 e. The van der Waals surface area contributed by atoms with E-state index in [2.05, 4.69) is 28.1 Å². The number of alkyl halides is 1. The van der Waals surface area contributed by atoms with Gasteiger partial charge in [0.25, 0.3) is 0 Å². The Hall–Kier alpha value is -1.81. The number of rotatable bonds is 8. The normalized spacial score (nSPS) is 10.5. The fourth-order valence-electron chi connectivity index (χ4n) is 2.63. The Balaban J connectivity index is 2.30. The Morgan fingerprint density at radius 3 is 2.67 bits per heavy atom. The molecule has 2 aromatic carbocycles. The summed E-state index contributed by atoms with van der Waals surface area (Å²) in [6.07, 6.45) is 2.40. The highest BCUT2D eigenvalue weighted by molar-refractivity contribution is 9.09. The van der Waals surface area contributed by atoms with Crippen LogP contribution >= 0.6 is 15.9 Å². The molecule has 0 unspecified atom stereocenters. The van der Waals surface area contributed by atoms with E-state index in [-0.39, 0.29) is 12.4 Å². The van der Waals surface area contributed by atoms with Crippen molar-refractivity contribution in [1.29, 1.82) is 0 Å². The molecular weight excluding hydrogens is 368 g/mol. The second kappa shape index (κ2) is 9.48. The number of halogens is 1. The van der Waals surface area contributed by atoms with Gasteiger partial charge in [-0.15, -0.1) is 0 Å². The van der Waals surface area contributed by atoms with Crippen LogP contribution in [0.1, 0.15) is 24.5 Å². The number of ether oxygens (including phenoxy) is 2. The summed E-state index contributed by atoms with van der Waals surface area (Å²) in [4.78, 5) is 11.7. The predicted molar refractivity (Wildman–Crippen MR) is 101 cm³/mol. The first kappa shape index (κ1) is 18.5. The van der Waals surface area contributed by atoms with E-state index in [1.165, 1.54) is 5.56 Å². The van der Waals surface area contributed by atoms with Crippen LogP contribution in [-0.4, -0.2) is 25.0 Å². The van der Waals surface area contributed by atoms with Crippen LogP contribution in [0, 0.1) is 0 Å². The highest BCUT2D eigenvalue weighted by atomic mass is 79.9. The van der Waals surface area contributed by atoms with E-state index >= 15 is 0 Å². The maximum absolute atomic E-state index is 11.7. The monoisotopic (exact) mass is 390 g/mol. The Labute approximate surface area is 152 Å². The Kier molecular flexibility index (Phi) is 7.32. The van der Waals surface area contributed by atoms with E-state index < -0.39 is 0 Å². The van der Waals surface area contributed by atoms with Crippen LogP contribution < -0.4 is 4.74 Å². The zero-order valence-corrected chi connectivity index (χ0v) is 15.8. The Bertz CT molecular complexity index is 682. The zero-order chi connectivity index (χ0) is 17.4. The van der Waals surface area contributed by atoms with Gasteiger partial charge in [-0.05, 0) is 48.6 Å². The average Bonchev–Trinajstić information content (AvgIpc) is 2.60. The molecule has 0 amide bonds. The van der Waals surface area contributed by atoms with E-state index in [0.717, 1.165) is 40.6 Å². The number of carbonyl (C=O) groups excluding carboxylic acids is 1. The summed E-state index contributed by atoms with van der Waals surface area (Å²) in [7, 11) is 1.68. The minimum atomic E-state index is -0.201. The van der Waals surface area contributed by atoms with Gasteiger partial charge in [-0.3, -0.25) is 4.79 Å². The van der Waals surface area contributed by atoms with Gasteiger partial charge in [0.2, 0.25) is 0 Å². The molecule has 2 rings (SSSR count). The molecular formula is C20H23BrO3. The first-order valence-corrected chi connectivity index (χ1v) is 9.28. The lowest BCUT2D eigenvalue weighted by molar-refractivity contribution is -0.142. The molecule has 3 nitrogen and oxygen atoms in total. The molecule has 0 aliphatic heterocycles. The van der Waals surface area contributed by atoms with Gasteiger partial charge in [0, 0.05) is 10.9 Å². The molecule has 0 N–H and O–H groups in total. The number of aryl methyl sites for hydroxylation is 1. The molecule has 0 bridgehead atoms. The van der Waals surface area contributed by atoms with E-state index in [9.17, 15) is 4.79 Å². The van der Waals surface area contributed by atoms with Crippen LogP contribution in [0.4, 0.5) is 0 Å². The summed E-state index contributed by atoms with van der Waals surface area (Å²) in [6, 6.07) is 14.3. The topological polar surface area (TPSA) is 35.5 Å². The lowest BCUT2D eigenvalue weighted by Gasteiger charge is -2.12. The molecule has 0 aliphatic rings. The standard InChI is InChI=1S/C20H23BrO3/c1-3-24-20(22)14-16-6-4-8-17(12-16)18-13-15(7-5-11-21)9-10-19(18)23-2/h4,6,8-10,12-13H,3,5,7,11,14H2,1-2H3. The quantitative estimate of drug-likeness (QED) is 0.479. The van der Waals surface area contributed by atoms with Gasteiger partial charge in [-0.2, -0.15) is 0 Å². The molecule has 0 radical (unpaired) electrons. The third kappa shape index (κ3) is 5.10. The van der Waals surface area contributed by atoms with Gasteiger partial charge in [-0.25, -0.2) is 0 Å². The van der Waals surface area contributed by atoms with Gasteiger partial charge in [0.05, 0.1) is 20.1 Å². The van der Waals surface area contributed by atoms with Crippen LogP contribution in [0.5, 0.6) is 5.75 Å². The Morgan fingerprint density at radius 2 is 1.96 bits per heavy atom. The highest BCUT2D eigenvalue weighted by Crippen LogP contribution is 2.32. The maximum atomic E-state index is 11.7. The van der Waals surface area contributed by atoms with Gasteiger partial charge < -0.3 is 9.47 Å². The van der Waals surface area contributed by atoms with Crippen LogP contribution in [0.25, 0.3) is 11.1 Å². The van der Waals surface area contributed by atoms with Gasteiger partial charge in [0.15, 0.2) is 0 Å². The molecule has 128 valence electrons. The molecule has 0 aliphatic carbocycles. The first-order chi connectivity index (χ1) is 11.7. The summed E-state index contributed by atoms with van der Waals surface area (Å²) in [5.74, 6) is 0.638. The van der Waals surface area contributed by atoms with Crippen LogP contribution in [0.2, 0.25) is 0 Å². The molecule has 0 aromatic heterocycles. The summed E-state index contributed by atoms with van der Waals surface area (Å²) in [6.45, 7) is 2.22. The summed E-state index contributed by atoms with van der Waals surface area (Å²) in [5, 5.41) is 0.989. The van der Waals surface area contributed by atoms with Gasteiger partial charge in [-0.1, -0.05) is 46.3 Å². The number of hydrogen-bond donors (Lipinski definition) is 0. The summed E-state index contributed by atoms with van der Waals surface area (Å²) in [5.41, 5.74) is 4.32. The van der Waals surface area contributed by atoms with Crippen molar-refractivity contribution in [3.05, 3.63) is 53.6 Å². The molecule has 0 saturated carbocycles. The average molecular weight is 391 g/mol. The second-order valence-corrected chi connectivity index (χ2v) is 6.30. The molecule has 0 fully saturated rings. The number of esters is 1. The van der Waals surface area contributed by atoms with Crippen molar-refractivity contribution in [1.82, 2.24) is 0 Å². The molecule has 2 aromatic rings. The lowest BCUT2D eigenvalue weighted by Crippen LogP contribution is -2.07. The van der Waals surface area contributed by atoms with Crippen molar-refractivity contribution in [2.45, 2.75) is 26.2 Å². The molecule has 4 heteroatoms. The second-order valence-electron chi connectivity index (χ2n) is 5.51.